The van der Waals surface area contributed by atoms with Gasteiger partial charge in [-0.15, -0.1) is 0 Å². The van der Waals surface area contributed by atoms with Crippen molar-refractivity contribution in [3.05, 3.63) is 65.2 Å². The number of carboxylic acid groups (broad SMARTS) is 1. The third kappa shape index (κ3) is 6.44. The van der Waals surface area contributed by atoms with Crippen molar-refractivity contribution in [2.75, 3.05) is 0 Å². The van der Waals surface area contributed by atoms with E-state index in [1.807, 2.05) is 30.3 Å². The number of benzene rings is 2. The fourth-order valence-electron chi connectivity index (χ4n) is 2.67. The Kier molecular flexibility index (Phi) is 7.63. The zero-order valence-electron chi connectivity index (χ0n) is 14.3. The van der Waals surface area contributed by atoms with Crippen LogP contribution < -0.4 is 4.72 Å². The lowest BCUT2D eigenvalue weighted by atomic mass is 10.0. The predicted molar refractivity (Wildman–Crippen MR) is 102 cm³/mol. The van der Waals surface area contributed by atoms with Gasteiger partial charge < -0.3 is 5.11 Å². The fraction of sp³-hybridized carbons (Fsp3) is 0.316. The molecule has 0 aliphatic carbocycles. The third-order valence-corrected chi connectivity index (χ3v) is 5.69. The molecule has 2 rings (SSSR count). The van der Waals surface area contributed by atoms with Gasteiger partial charge in [-0.3, -0.25) is 4.79 Å². The predicted octanol–water partition coefficient (Wildman–Crippen LogP) is 4.39. The largest absolute Gasteiger partial charge is 0.481 e. The molecular weight excluding hydrogens is 374 g/mol. The summed E-state index contributed by atoms with van der Waals surface area (Å²) in [5.41, 5.74) is 0.872. The second-order valence-corrected chi connectivity index (χ2v) is 8.19. The van der Waals surface area contributed by atoms with Gasteiger partial charge in [0.1, 0.15) is 0 Å². The molecule has 0 spiro atoms. The molecule has 0 amide bonds. The van der Waals surface area contributed by atoms with E-state index in [4.69, 9.17) is 16.7 Å². The lowest BCUT2D eigenvalue weighted by molar-refractivity contribution is -0.137. The van der Waals surface area contributed by atoms with Gasteiger partial charge in [-0.05, 0) is 36.6 Å². The summed E-state index contributed by atoms with van der Waals surface area (Å²) in [6.07, 6.45) is 2.75. The van der Waals surface area contributed by atoms with Gasteiger partial charge in [0, 0.05) is 17.5 Å². The van der Waals surface area contributed by atoms with Crippen LogP contribution in [0.1, 0.15) is 43.7 Å². The Balaban J connectivity index is 2.10. The van der Waals surface area contributed by atoms with E-state index in [9.17, 15) is 13.2 Å². The highest BCUT2D eigenvalue weighted by molar-refractivity contribution is 7.89. The molecule has 1 atom stereocenters. The molecule has 0 radical (unpaired) electrons. The Morgan fingerprint density at radius 3 is 2.42 bits per heavy atom. The summed E-state index contributed by atoms with van der Waals surface area (Å²) in [5.74, 6) is -0.814. The summed E-state index contributed by atoms with van der Waals surface area (Å²) in [6.45, 7) is 0. The van der Waals surface area contributed by atoms with Crippen LogP contribution in [0.25, 0.3) is 0 Å². The smallest absolute Gasteiger partial charge is 0.303 e. The topological polar surface area (TPSA) is 83.5 Å². The molecular formula is C19H22ClNO4S. The number of aliphatic carboxylic acids is 1. The highest BCUT2D eigenvalue weighted by atomic mass is 35.5. The average Bonchev–Trinajstić information content (AvgIpc) is 2.61. The monoisotopic (exact) mass is 395 g/mol. The molecule has 0 aliphatic heterocycles. The van der Waals surface area contributed by atoms with Crippen molar-refractivity contribution < 1.29 is 18.3 Å². The van der Waals surface area contributed by atoms with Gasteiger partial charge in [0.05, 0.1) is 4.90 Å². The van der Waals surface area contributed by atoms with Crippen molar-refractivity contribution >= 4 is 27.6 Å². The van der Waals surface area contributed by atoms with Crippen molar-refractivity contribution in [2.24, 2.45) is 0 Å². The van der Waals surface area contributed by atoms with Gasteiger partial charge >= 0.3 is 5.97 Å². The van der Waals surface area contributed by atoms with Crippen LogP contribution >= 0.6 is 11.6 Å². The van der Waals surface area contributed by atoms with Crippen LogP contribution in [-0.2, 0) is 14.8 Å². The maximum absolute atomic E-state index is 12.7. The Morgan fingerprint density at radius 1 is 1.04 bits per heavy atom. The van der Waals surface area contributed by atoms with Crippen LogP contribution in [0.2, 0.25) is 5.02 Å². The quantitative estimate of drug-likeness (QED) is 0.584. The van der Waals surface area contributed by atoms with Crippen LogP contribution in [-0.4, -0.2) is 19.5 Å². The normalized spacial score (nSPS) is 12.7. The van der Waals surface area contributed by atoms with Gasteiger partial charge in [0.15, 0.2) is 0 Å². The van der Waals surface area contributed by atoms with E-state index in [1.54, 1.807) is 12.1 Å². The molecule has 2 aromatic carbocycles. The molecule has 140 valence electrons. The summed E-state index contributed by atoms with van der Waals surface area (Å²) >= 11 is 5.91. The number of nitrogens with one attached hydrogen (secondary N) is 1. The summed E-state index contributed by atoms with van der Waals surface area (Å²) in [5, 5.41) is 9.06. The fourth-order valence-corrected chi connectivity index (χ4v) is 4.23. The van der Waals surface area contributed by atoms with Gasteiger partial charge in [-0.25, -0.2) is 13.1 Å². The average molecular weight is 396 g/mol. The lowest BCUT2D eigenvalue weighted by Crippen LogP contribution is -2.28. The van der Waals surface area contributed by atoms with Crippen LogP contribution in [0.3, 0.4) is 0 Å². The van der Waals surface area contributed by atoms with E-state index in [0.29, 0.717) is 17.9 Å². The zero-order valence-corrected chi connectivity index (χ0v) is 15.8. The SMILES string of the molecule is O=C(O)CCCCCC(NS(=O)(=O)c1cccc(Cl)c1)c1ccccc1. The van der Waals surface area contributed by atoms with Crippen molar-refractivity contribution in [3.8, 4) is 0 Å². The van der Waals surface area contributed by atoms with Crippen LogP contribution in [0.5, 0.6) is 0 Å². The second kappa shape index (κ2) is 9.71. The molecule has 5 nitrogen and oxygen atoms in total. The Labute approximate surface area is 159 Å². The summed E-state index contributed by atoms with van der Waals surface area (Å²) < 4.78 is 28.1. The number of rotatable bonds is 10. The van der Waals surface area contributed by atoms with Gasteiger partial charge in [-0.2, -0.15) is 0 Å². The molecule has 0 saturated carbocycles. The number of halogens is 1. The molecule has 26 heavy (non-hydrogen) atoms. The first-order valence-corrected chi connectivity index (χ1v) is 10.3. The minimum Gasteiger partial charge on any atom is -0.481 e. The molecule has 7 heteroatoms. The first-order valence-electron chi connectivity index (χ1n) is 8.43. The Hall–Kier alpha value is -1.89. The highest BCUT2D eigenvalue weighted by Gasteiger charge is 2.21. The van der Waals surface area contributed by atoms with Crippen molar-refractivity contribution in [3.63, 3.8) is 0 Å². The number of sulfonamides is 1. The minimum atomic E-state index is -3.71. The molecule has 0 fully saturated rings. The number of carbonyl (C=O) groups is 1. The Morgan fingerprint density at radius 2 is 1.77 bits per heavy atom. The molecule has 0 saturated heterocycles. The van der Waals surface area contributed by atoms with Gasteiger partial charge in [0.2, 0.25) is 10.0 Å². The lowest BCUT2D eigenvalue weighted by Gasteiger charge is -2.19. The highest BCUT2D eigenvalue weighted by Crippen LogP contribution is 2.24. The number of hydrogen-bond acceptors (Lipinski definition) is 3. The molecule has 0 heterocycles. The standard InChI is InChI=1S/C19H22ClNO4S/c20-16-10-7-11-17(14-16)26(24,25)21-18(15-8-3-1-4-9-15)12-5-2-6-13-19(22)23/h1,3-4,7-11,14,18,21H,2,5-6,12-13H2,(H,22,23). The van der Waals surface area contributed by atoms with E-state index in [2.05, 4.69) is 4.72 Å². The van der Waals surface area contributed by atoms with Gasteiger partial charge in [0.25, 0.3) is 0 Å². The number of hydrogen-bond donors (Lipinski definition) is 2. The van der Waals surface area contributed by atoms with E-state index in [1.165, 1.54) is 12.1 Å². The summed E-state index contributed by atoms with van der Waals surface area (Å²) in [7, 11) is -3.71. The maximum atomic E-state index is 12.7. The number of carboxylic acids is 1. The van der Waals surface area contributed by atoms with Crippen molar-refractivity contribution in [1.82, 2.24) is 4.72 Å². The third-order valence-electron chi connectivity index (χ3n) is 3.99. The molecule has 0 aromatic heterocycles. The van der Waals surface area contributed by atoms with Crippen LogP contribution in [0.15, 0.2) is 59.5 Å². The van der Waals surface area contributed by atoms with Gasteiger partial charge in [-0.1, -0.05) is 60.8 Å². The van der Waals surface area contributed by atoms with Crippen LogP contribution in [0, 0.1) is 0 Å². The molecule has 1 unspecified atom stereocenters. The number of unbranched alkanes of at least 4 members (excludes halogenated alkanes) is 2. The summed E-state index contributed by atoms with van der Waals surface area (Å²) in [6, 6.07) is 15.1. The van der Waals surface area contributed by atoms with Crippen LogP contribution in [0.4, 0.5) is 0 Å². The maximum Gasteiger partial charge on any atom is 0.303 e. The molecule has 2 aromatic rings. The van der Waals surface area contributed by atoms with E-state index < -0.39 is 16.0 Å². The van der Waals surface area contributed by atoms with Crippen molar-refractivity contribution in [2.45, 2.75) is 43.0 Å². The second-order valence-electron chi connectivity index (χ2n) is 6.04. The van der Waals surface area contributed by atoms with Crippen molar-refractivity contribution in [1.29, 1.82) is 0 Å². The Bertz CT molecular complexity index is 824. The molecule has 2 N–H and O–H groups in total. The first-order chi connectivity index (χ1) is 12.4. The molecule has 0 bridgehead atoms. The minimum absolute atomic E-state index is 0.122. The zero-order chi connectivity index (χ0) is 19.0. The van der Waals surface area contributed by atoms with E-state index in [0.717, 1.165) is 18.4 Å². The first kappa shape index (κ1) is 20.4. The van der Waals surface area contributed by atoms with E-state index >= 15 is 0 Å². The molecule has 0 aliphatic rings. The van der Waals surface area contributed by atoms with E-state index in [-0.39, 0.29) is 17.4 Å². The summed E-state index contributed by atoms with van der Waals surface area (Å²) in [4.78, 5) is 10.7.